The summed E-state index contributed by atoms with van der Waals surface area (Å²) in [6.45, 7) is 1.73. The van der Waals surface area contributed by atoms with E-state index in [1.54, 1.807) is 12.1 Å². The Labute approximate surface area is 113 Å². The maximum absolute atomic E-state index is 11.5. The lowest BCUT2D eigenvalue weighted by molar-refractivity contribution is -0.123. The predicted molar refractivity (Wildman–Crippen MR) is 70.7 cm³/mol. The van der Waals surface area contributed by atoms with Crippen LogP contribution in [0, 0.1) is 18.3 Å². The molecule has 0 bridgehead atoms. The Balaban J connectivity index is 2.50. The SMILES string of the molecule is Cc1cc(Br)ccc1NC(=O)CNC(=O)CC#N. The third-order valence-electron chi connectivity index (χ3n) is 2.15. The number of benzene rings is 1. The average Bonchev–Trinajstić information content (AvgIpc) is 2.31. The van der Waals surface area contributed by atoms with Gasteiger partial charge in [0, 0.05) is 10.2 Å². The van der Waals surface area contributed by atoms with Gasteiger partial charge in [0.25, 0.3) is 0 Å². The van der Waals surface area contributed by atoms with Crippen LogP contribution in [-0.4, -0.2) is 18.4 Å². The van der Waals surface area contributed by atoms with Crippen molar-refractivity contribution >= 4 is 33.4 Å². The van der Waals surface area contributed by atoms with Crippen LogP contribution in [0.2, 0.25) is 0 Å². The first-order chi connectivity index (χ1) is 8.52. The number of carbonyl (C=O) groups excluding carboxylic acids is 2. The number of amides is 2. The van der Waals surface area contributed by atoms with Crippen LogP contribution in [0.5, 0.6) is 0 Å². The molecule has 2 amide bonds. The lowest BCUT2D eigenvalue weighted by Gasteiger charge is -2.09. The van der Waals surface area contributed by atoms with Crippen molar-refractivity contribution in [1.29, 1.82) is 5.26 Å². The van der Waals surface area contributed by atoms with E-state index >= 15 is 0 Å². The number of anilines is 1. The average molecular weight is 310 g/mol. The Bertz CT molecular complexity index is 509. The van der Waals surface area contributed by atoms with E-state index in [2.05, 4.69) is 26.6 Å². The summed E-state index contributed by atoms with van der Waals surface area (Å²) in [7, 11) is 0. The number of hydrogen-bond acceptors (Lipinski definition) is 3. The topological polar surface area (TPSA) is 82.0 Å². The summed E-state index contributed by atoms with van der Waals surface area (Å²) < 4.78 is 0.931. The van der Waals surface area contributed by atoms with Gasteiger partial charge in [0.05, 0.1) is 12.6 Å². The van der Waals surface area contributed by atoms with E-state index in [1.807, 2.05) is 19.1 Å². The summed E-state index contributed by atoms with van der Waals surface area (Å²) in [6.07, 6.45) is -0.245. The number of nitriles is 1. The first-order valence-corrected chi connectivity index (χ1v) is 6.02. The molecule has 5 nitrogen and oxygen atoms in total. The van der Waals surface area contributed by atoms with Crippen molar-refractivity contribution in [3.05, 3.63) is 28.2 Å². The first kappa shape index (κ1) is 14.2. The highest BCUT2D eigenvalue weighted by atomic mass is 79.9. The Morgan fingerprint density at radius 2 is 2.11 bits per heavy atom. The second-order valence-electron chi connectivity index (χ2n) is 3.62. The van der Waals surface area contributed by atoms with Crippen molar-refractivity contribution in [3.63, 3.8) is 0 Å². The summed E-state index contributed by atoms with van der Waals surface area (Å²) in [6, 6.07) is 7.17. The van der Waals surface area contributed by atoms with E-state index in [4.69, 9.17) is 5.26 Å². The minimum absolute atomic E-state index is 0.143. The van der Waals surface area contributed by atoms with E-state index < -0.39 is 5.91 Å². The van der Waals surface area contributed by atoms with E-state index in [0.717, 1.165) is 10.0 Å². The zero-order chi connectivity index (χ0) is 13.5. The van der Waals surface area contributed by atoms with Crippen molar-refractivity contribution in [2.75, 3.05) is 11.9 Å². The molecule has 0 aliphatic carbocycles. The first-order valence-electron chi connectivity index (χ1n) is 5.22. The molecule has 0 saturated carbocycles. The molecule has 0 unspecified atom stereocenters. The molecule has 0 aliphatic heterocycles. The molecule has 0 atom stereocenters. The highest BCUT2D eigenvalue weighted by molar-refractivity contribution is 9.10. The van der Waals surface area contributed by atoms with Gasteiger partial charge in [-0.2, -0.15) is 5.26 Å². The standard InChI is InChI=1S/C12H12BrN3O2/c1-8-6-9(13)2-3-10(8)16-12(18)7-15-11(17)4-5-14/h2-3,6H,4,7H2,1H3,(H,15,17)(H,16,18). The summed E-state index contributed by atoms with van der Waals surface area (Å²) in [5, 5.41) is 13.3. The molecule has 0 fully saturated rings. The van der Waals surface area contributed by atoms with Gasteiger partial charge in [-0.25, -0.2) is 0 Å². The Kier molecular flexibility index (Phi) is 5.33. The van der Waals surface area contributed by atoms with E-state index in [9.17, 15) is 9.59 Å². The van der Waals surface area contributed by atoms with Crippen molar-refractivity contribution < 1.29 is 9.59 Å². The molecule has 1 aromatic rings. The molecule has 0 aromatic heterocycles. The molecular formula is C12H12BrN3O2. The Morgan fingerprint density at radius 1 is 1.39 bits per heavy atom. The van der Waals surface area contributed by atoms with Crippen LogP contribution in [0.25, 0.3) is 0 Å². The number of hydrogen-bond donors (Lipinski definition) is 2. The molecule has 18 heavy (non-hydrogen) atoms. The molecule has 1 aromatic carbocycles. The van der Waals surface area contributed by atoms with Gasteiger partial charge < -0.3 is 10.6 Å². The van der Waals surface area contributed by atoms with Crippen LogP contribution in [-0.2, 0) is 9.59 Å². The molecular weight excluding hydrogens is 298 g/mol. The number of halogens is 1. The van der Waals surface area contributed by atoms with Crippen molar-refractivity contribution in [2.45, 2.75) is 13.3 Å². The van der Waals surface area contributed by atoms with Crippen molar-refractivity contribution in [2.24, 2.45) is 0 Å². The minimum atomic E-state index is -0.458. The van der Waals surface area contributed by atoms with Crippen LogP contribution in [0.3, 0.4) is 0 Å². The van der Waals surface area contributed by atoms with Gasteiger partial charge in [-0.1, -0.05) is 15.9 Å². The zero-order valence-electron chi connectivity index (χ0n) is 9.79. The number of rotatable bonds is 4. The lowest BCUT2D eigenvalue weighted by Crippen LogP contribution is -2.32. The molecule has 0 spiro atoms. The Hall–Kier alpha value is -1.87. The quantitative estimate of drug-likeness (QED) is 0.888. The summed E-state index contributed by atoms with van der Waals surface area (Å²) in [5.74, 6) is -0.785. The van der Waals surface area contributed by atoms with E-state index in [-0.39, 0.29) is 18.9 Å². The molecule has 0 heterocycles. The summed E-state index contributed by atoms with van der Waals surface area (Å²) in [4.78, 5) is 22.5. The largest absolute Gasteiger partial charge is 0.346 e. The molecule has 6 heteroatoms. The molecule has 94 valence electrons. The molecule has 0 radical (unpaired) electrons. The van der Waals surface area contributed by atoms with Gasteiger partial charge in [0.1, 0.15) is 6.42 Å². The molecule has 0 aliphatic rings. The lowest BCUT2D eigenvalue weighted by atomic mass is 10.2. The summed E-state index contributed by atoms with van der Waals surface area (Å²) >= 11 is 3.33. The predicted octanol–water partition coefficient (Wildman–Crippen LogP) is 1.73. The minimum Gasteiger partial charge on any atom is -0.346 e. The third-order valence-corrected chi connectivity index (χ3v) is 2.64. The number of nitrogens with zero attached hydrogens (tertiary/aromatic N) is 1. The maximum atomic E-state index is 11.5. The second kappa shape index (κ2) is 6.77. The van der Waals surface area contributed by atoms with Crippen LogP contribution in [0.4, 0.5) is 5.69 Å². The van der Waals surface area contributed by atoms with Crippen molar-refractivity contribution in [3.8, 4) is 6.07 Å². The van der Waals surface area contributed by atoms with Crippen LogP contribution in [0.15, 0.2) is 22.7 Å². The van der Waals surface area contributed by atoms with E-state index in [0.29, 0.717) is 5.69 Å². The van der Waals surface area contributed by atoms with Gasteiger partial charge in [-0.3, -0.25) is 9.59 Å². The van der Waals surface area contributed by atoms with Gasteiger partial charge >= 0.3 is 0 Å². The highest BCUT2D eigenvalue weighted by Gasteiger charge is 2.07. The van der Waals surface area contributed by atoms with Crippen LogP contribution < -0.4 is 10.6 Å². The maximum Gasteiger partial charge on any atom is 0.243 e. The van der Waals surface area contributed by atoms with Crippen LogP contribution >= 0.6 is 15.9 Å². The van der Waals surface area contributed by atoms with Gasteiger partial charge in [0.2, 0.25) is 11.8 Å². The van der Waals surface area contributed by atoms with E-state index in [1.165, 1.54) is 0 Å². The number of carbonyl (C=O) groups is 2. The summed E-state index contributed by atoms with van der Waals surface area (Å²) in [5.41, 5.74) is 1.61. The fraction of sp³-hybridized carbons (Fsp3) is 0.250. The fourth-order valence-electron chi connectivity index (χ4n) is 1.27. The normalized spacial score (nSPS) is 9.39. The third kappa shape index (κ3) is 4.55. The van der Waals surface area contributed by atoms with Gasteiger partial charge in [-0.05, 0) is 30.7 Å². The monoisotopic (exact) mass is 309 g/mol. The number of nitrogens with one attached hydrogen (secondary N) is 2. The van der Waals surface area contributed by atoms with Gasteiger partial charge in [-0.15, -0.1) is 0 Å². The highest BCUT2D eigenvalue weighted by Crippen LogP contribution is 2.19. The van der Waals surface area contributed by atoms with Crippen molar-refractivity contribution in [1.82, 2.24) is 5.32 Å². The van der Waals surface area contributed by atoms with Gasteiger partial charge in [0.15, 0.2) is 0 Å². The second-order valence-corrected chi connectivity index (χ2v) is 4.53. The molecule has 1 rings (SSSR count). The fourth-order valence-corrected chi connectivity index (χ4v) is 1.75. The number of aryl methyl sites for hydroxylation is 1. The Morgan fingerprint density at radius 3 is 2.72 bits per heavy atom. The smallest absolute Gasteiger partial charge is 0.243 e. The zero-order valence-corrected chi connectivity index (χ0v) is 11.4. The molecule has 0 saturated heterocycles. The molecule has 2 N–H and O–H groups in total. The van der Waals surface area contributed by atoms with Crippen LogP contribution in [0.1, 0.15) is 12.0 Å².